The number of allylic oxidation sites excluding steroid dienone is 1. The van der Waals surface area contributed by atoms with Crippen molar-refractivity contribution in [3.8, 4) is 17.3 Å². The predicted molar refractivity (Wildman–Crippen MR) is 140 cm³/mol. The van der Waals surface area contributed by atoms with Gasteiger partial charge in [-0.25, -0.2) is 29.0 Å². The van der Waals surface area contributed by atoms with Crippen molar-refractivity contribution in [2.45, 2.75) is 44.6 Å². The molecule has 4 heterocycles. The maximum absolute atomic E-state index is 15.3. The van der Waals surface area contributed by atoms with Gasteiger partial charge in [-0.2, -0.15) is 18.3 Å². The summed E-state index contributed by atoms with van der Waals surface area (Å²) in [5.41, 5.74) is 1.73. The van der Waals surface area contributed by atoms with Crippen LogP contribution in [0, 0.1) is 5.82 Å². The molecule has 0 saturated heterocycles. The van der Waals surface area contributed by atoms with Crippen molar-refractivity contribution in [2.75, 3.05) is 13.7 Å². The molecule has 3 aromatic heterocycles. The monoisotopic (exact) mass is 618 g/mol. The van der Waals surface area contributed by atoms with E-state index in [4.69, 9.17) is 9.72 Å². The largest absolute Gasteiger partial charge is 0.480 e. The van der Waals surface area contributed by atoms with Crippen molar-refractivity contribution in [3.63, 3.8) is 0 Å². The highest BCUT2D eigenvalue weighted by atomic mass is 79.9. The average Bonchev–Trinajstić information content (AvgIpc) is 3.61. The molecule has 1 atom stereocenters. The van der Waals surface area contributed by atoms with Crippen LogP contribution >= 0.6 is 15.9 Å². The van der Waals surface area contributed by atoms with Crippen molar-refractivity contribution in [1.82, 2.24) is 39.9 Å². The fourth-order valence-electron chi connectivity index (χ4n) is 4.82. The van der Waals surface area contributed by atoms with Gasteiger partial charge in [0.15, 0.2) is 11.5 Å². The van der Waals surface area contributed by atoms with Gasteiger partial charge in [-0.15, -0.1) is 0 Å². The van der Waals surface area contributed by atoms with Gasteiger partial charge in [0.05, 0.1) is 24.7 Å². The maximum Gasteiger partial charge on any atom is 0.432 e. The van der Waals surface area contributed by atoms with Gasteiger partial charge >= 0.3 is 6.18 Å². The van der Waals surface area contributed by atoms with Crippen LogP contribution in [0.3, 0.4) is 0 Å². The average molecular weight is 619 g/mol. The fraction of sp³-hybridized carbons (Fsp3) is 0.346. The summed E-state index contributed by atoms with van der Waals surface area (Å²) in [6, 6.07) is 4.47. The van der Waals surface area contributed by atoms with Crippen molar-refractivity contribution in [2.24, 2.45) is 0 Å². The first kappa shape index (κ1) is 26.4. The summed E-state index contributed by atoms with van der Waals surface area (Å²) in [7, 11) is 1.53. The van der Waals surface area contributed by atoms with E-state index in [9.17, 15) is 13.2 Å². The van der Waals surface area contributed by atoms with E-state index in [2.05, 4.69) is 41.3 Å². The molecular weight excluding hydrogens is 596 g/mol. The van der Waals surface area contributed by atoms with Crippen LogP contribution < -0.4 is 10.1 Å². The number of halogens is 5. The molecule has 0 spiro atoms. The number of hydrogen-bond acceptors (Lipinski definition) is 8. The third-order valence-electron chi connectivity index (χ3n) is 6.95. The lowest BCUT2D eigenvalue weighted by Crippen LogP contribution is -2.31. The van der Waals surface area contributed by atoms with Crippen molar-refractivity contribution >= 4 is 27.0 Å². The second-order valence-corrected chi connectivity index (χ2v) is 10.3. The van der Waals surface area contributed by atoms with E-state index >= 15 is 4.39 Å². The molecule has 1 aliphatic heterocycles. The van der Waals surface area contributed by atoms with E-state index in [1.165, 1.54) is 30.5 Å². The number of fused-ring (bicyclic) bond motifs is 1. The molecule has 40 heavy (non-hydrogen) atoms. The molecule has 1 unspecified atom stereocenters. The van der Waals surface area contributed by atoms with E-state index in [1.54, 1.807) is 23.9 Å². The Morgan fingerprint density at radius 3 is 2.65 bits per heavy atom. The second kappa shape index (κ2) is 9.98. The van der Waals surface area contributed by atoms with Crippen LogP contribution in [0.25, 0.3) is 22.4 Å². The first-order chi connectivity index (χ1) is 19.2. The third-order valence-corrected chi connectivity index (χ3v) is 7.53. The van der Waals surface area contributed by atoms with E-state index < -0.39 is 23.9 Å². The molecule has 1 N–H and O–H groups in total. The fourth-order valence-corrected chi connectivity index (χ4v) is 5.29. The summed E-state index contributed by atoms with van der Waals surface area (Å²) >= 11 is 3.45. The van der Waals surface area contributed by atoms with E-state index in [-0.39, 0.29) is 18.7 Å². The van der Waals surface area contributed by atoms with E-state index in [0.29, 0.717) is 44.4 Å². The Labute approximate surface area is 234 Å². The van der Waals surface area contributed by atoms with Gasteiger partial charge in [0.1, 0.15) is 34.2 Å². The topological polar surface area (TPSA) is 93.9 Å². The van der Waals surface area contributed by atoms with Crippen LogP contribution in [0.2, 0.25) is 0 Å². The lowest BCUT2D eigenvalue weighted by molar-refractivity contribution is -0.0963. The number of methoxy groups -OCH3 is 1. The SMILES string of the molecule is CCN1C=C(C(F)(F)F)NC1c1ccc(Cn2nc(Br)c3cnc(-c4c(OC)ncnc4C4CC4)nc32)cc1F. The number of rotatable bonds is 7. The van der Waals surface area contributed by atoms with Crippen LogP contribution in [0.5, 0.6) is 5.88 Å². The summed E-state index contributed by atoms with van der Waals surface area (Å²) in [5.74, 6) is 0.437. The first-order valence-electron chi connectivity index (χ1n) is 12.6. The van der Waals surface area contributed by atoms with Crippen molar-refractivity contribution in [3.05, 3.63) is 69.9 Å². The van der Waals surface area contributed by atoms with E-state index in [0.717, 1.165) is 24.7 Å². The normalized spacial score (nSPS) is 17.3. The smallest absolute Gasteiger partial charge is 0.432 e. The van der Waals surface area contributed by atoms with Crippen LogP contribution in [0.15, 0.2) is 47.2 Å². The molecule has 1 aliphatic carbocycles. The van der Waals surface area contributed by atoms with Gasteiger partial charge in [-0.3, -0.25) is 0 Å². The molecule has 1 fully saturated rings. The van der Waals surface area contributed by atoms with Gasteiger partial charge in [0.25, 0.3) is 0 Å². The molecule has 1 aromatic carbocycles. The summed E-state index contributed by atoms with van der Waals surface area (Å²) in [4.78, 5) is 19.4. The molecule has 1 saturated carbocycles. The van der Waals surface area contributed by atoms with Crippen LogP contribution in [0.4, 0.5) is 17.6 Å². The third kappa shape index (κ3) is 4.73. The molecule has 0 radical (unpaired) electrons. The molecule has 14 heteroatoms. The van der Waals surface area contributed by atoms with Gasteiger partial charge in [-0.05, 0) is 47.3 Å². The lowest BCUT2D eigenvalue weighted by Gasteiger charge is -2.25. The van der Waals surface area contributed by atoms with Gasteiger partial charge in [0.2, 0.25) is 5.88 Å². The summed E-state index contributed by atoms with van der Waals surface area (Å²) in [5, 5.41) is 7.57. The summed E-state index contributed by atoms with van der Waals surface area (Å²) in [6.45, 7) is 2.14. The Morgan fingerprint density at radius 2 is 1.98 bits per heavy atom. The molecular formula is C26H23BrF4N8O. The minimum Gasteiger partial charge on any atom is -0.480 e. The molecule has 0 amide bonds. The Balaban J connectivity index is 1.32. The zero-order valence-electron chi connectivity index (χ0n) is 21.4. The Kier molecular flexibility index (Phi) is 6.59. The number of nitrogens with zero attached hydrogens (tertiary/aromatic N) is 7. The van der Waals surface area contributed by atoms with E-state index in [1.807, 2.05) is 0 Å². The molecule has 208 valence electrons. The molecule has 4 aromatic rings. The Hall–Kier alpha value is -3.81. The van der Waals surface area contributed by atoms with Crippen LogP contribution in [-0.2, 0) is 6.54 Å². The number of ether oxygens (including phenoxy) is 1. The van der Waals surface area contributed by atoms with Crippen molar-refractivity contribution < 1.29 is 22.3 Å². The van der Waals surface area contributed by atoms with Gasteiger partial charge in [-0.1, -0.05) is 12.1 Å². The number of benzene rings is 1. The van der Waals surface area contributed by atoms with Gasteiger partial charge < -0.3 is 15.0 Å². The quantitative estimate of drug-likeness (QED) is 0.273. The molecule has 6 rings (SSSR count). The second-order valence-electron chi connectivity index (χ2n) is 9.57. The summed E-state index contributed by atoms with van der Waals surface area (Å²) < 4.78 is 62.7. The van der Waals surface area contributed by atoms with Crippen LogP contribution in [0.1, 0.15) is 48.7 Å². The highest BCUT2D eigenvalue weighted by Crippen LogP contribution is 2.45. The number of alkyl halides is 3. The summed E-state index contributed by atoms with van der Waals surface area (Å²) in [6.07, 6.45) is 0.603. The lowest BCUT2D eigenvalue weighted by atomic mass is 10.1. The zero-order valence-corrected chi connectivity index (χ0v) is 23.0. The molecule has 0 bridgehead atoms. The zero-order chi connectivity index (χ0) is 28.2. The minimum absolute atomic E-state index is 0.112. The number of hydrogen-bond donors (Lipinski definition) is 1. The molecule has 9 nitrogen and oxygen atoms in total. The van der Waals surface area contributed by atoms with Gasteiger partial charge in [0, 0.05) is 30.4 Å². The predicted octanol–water partition coefficient (Wildman–Crippen LogP) is 5.45. The Bertz CT molecular complexity index is 1640. The first-order valence-corrected chi connectivity index (χ1v) is 13.3. The maximum atomic E-state index is 15.3. The minimum atomic E-state index is -4.55. The van der Waals surface area contributed by atoms with Crippen LogP contribution in [-0.4, -0.2) is 54.4 Å². The van der Waals surface area contributed by atoms with Crippen molar-refractivity contribution in [1.29, 1.82) is 0 Å². The highest BCUT2D eigenvalue weighted by molar-refractivity contribution is 9.10. The number of aromatic nitrogens is 6. The number of nitrogens with one attached hydrogen (secondary N) is 1. The Morgan fingerprint density at radius 1 is 1.18 bits per heavy atom. The molecule has 2 aliphatic rings. The highest BCUT2D eigenvalue weighted by Gasteiger charge is 2.41. The standard InChI is InChI=1S/C26H23BrF4N8O/c1-3-38-11-18(26(29,30)31)35-23(38)15-7-4-13(8-17(15)28)10-39-24-16(21(27)37-39)9-32-22(36-24)19-20(14-5-6-14)33-12-34-25(19)40-2/h4,7-9,11-12,14,23,35H,3,5-6,10H2,1-2H3.